The van der Waals surface area contributed by atoms with E-state index in [-0.39, 0.29) is 5.91 Å². The van der Waals surface area contributed by atoms with Gasteiger partial charge in [0.05, 0.1) is 24.8 Å². The summed E-state index contributed by atoms with van der Waals surface area (Å²) in [4.78, 5) is 17.3. The van der Waals surface area contributed by atoms with Gasteiger partial charge in [0.1, 0.15) is 17.3 Å². The zero-order valence-corrected chi connectivity index (χ0v) is 20.5. The summed E-state index contributed by atoms with van der Waals surface area (Å²) in [6.45, 7) is 4.16. The van der Waals surface area contributed by atoms with Crippen LogP contribution in [0.15, 0.2) is 72.8 Å². The molecule has 0 bridgehead atoms. The Balaban J connectivity index is 1.28. The maximum absolute atomic E-state index is 12.4. The van der Waals surface area contributed by atoms with Crippen molar-refractivity contribution in [3.8, 4) is 11.5 Å². The second-order valence-corrected chi connectivity index (χ2v) is 8.63. The highest BCUT2D eigenvalue weighted by molar-refractivity contribution is 5.94. The molecule has 0 saturated carbocycles. The third kappa shape index (κ3) is 6.63. The fourth-order valence-electron chi connectivity index (χ4n) is 4.14. The fraction of sp³-hybridized carbons (Fsp3) is 0.310. The lowest BCUT2D eigenvalue weighted by molar-refractivity contribution is 0.0953. The summed E-state index contributed by atoms with van der Waals surface area (Å²) in [5.74, 6) is 2.71. The zero-order valence-electron chi connectivity index (χ0n) is 20.5. The summed E-state index contributed by atoms with van der Waals surface area (Å²) in [7, 11) is 1.66. The van der Waals surface area contributed by atoms with E-state index in [2.05, 4.69) is 28.1 Å². The number of hydrogen-bond acceptors (Lipinski definition) is 4. The van der Waals surface area contributed by atoms with E-state index in [1.165, 1.54) is 0 Å². The molecule has 0 aliphatic carbocycles. The molecule has 0 atom stereocenters. The molecule has 4 aromatic rings. The highest BCUT2D eigenvalue weighted by Gasteiger charge is 2.11. The number of fused-ring (bicyclic) bond motifs is 1. The van der Waals surface area contributed by atoms with Gasteiger partial charge in [-0.25, -0.2) is 4.98 Å². The monoisotopic (exact) mass is 471 g/mol. The predicted octanol–water partition coefficient (Wildman–Crippen LogP) is 5.58. The Hall–Kier alpha value is -3.80. The molecule has 0 spiro atoms. The molecule has 0 radical (unpaired) electrons. The second kappa shape index (κ2) is 12.1. The first kappa shape index (κ1) is 24.3. The molecule has 1 amide bonds. The number of nitrogens with zero attached hydrogens (tertiary/aromatic N) is 2. The minimum atomic E-state index is -0.0286. The molecule has 1 N–H and O–H groups in total. The van der Waals surface area contributed by atoms with Crippen molar-refractivity contribution in [3.63, 3.8) is 0 Å². The third-order valence-corrected chi connectivity index (χ3v) is 5.98. The average Bonchev–Trinajstić information content (AvgIpc) is 3.24. The number of unbranched alkanes of at least 4 members (excludes halogenated alkanes) is 1. The number of hydrogen-bond donors (Lipinski definition) is 1. The number of rotatable bonds is 12. The molecule has 0 aliphatic heterocycles. The molecule has 0 fully saturated rings. The Morgan fingerprint density at radius 1 is 0.943 bits per heavy atom. The number of carbonyl (C=O) groups excluding carboxylic acids is 1. The maximum atomic E-state index is 12.4. The van der Waals surface area contributed by atoms with Crippen LogP contribution in [0, 0.1) is 6.92 Å². The van der Waals surface area contributed by atoms with Crippen LogP contribution in [0.2, 0.25) is 0 Å². The van der Waals surface area contributed by atoms with Gasteiger partial charge in [0, 0.05) is 25.1 Å². The van der Waals surface area contributed by atoms with Crippen molar-refractivity contribution in [2.45, 2.75) is 39.2 Å². The van der Waals surface area contributed by atoms with Gasteiger partial charge in [-0.1, -0.05) is 29.8 Å². The highest BCUT2D eigenvalue weighted by Crippen LogP contribution is 2.19. The van der Waals surface area contributed by atoms with E-state index in [1.807, 2.05) is 61.5 Å². The minimum Gasteiger partial charge on any atom is -0.497 e. The molecule has 182 valence electrons. The second-order valence-electron chi connectivity index (χ2n) is 8.63. The number of ether oxygens (including phenoxy) is 2. The first-order valence-corrected chi connectivity index (χ1v) is 12.2. The quantitative estimate of drug-likeness (QED) is 0.274. The molecule has 35 heavy (non-hydrogen) atoms. The summed E-state index contributed by atoms with van der Waals surface area (Å²) in [5.41, 5.74) is 3.96. The van der Waals surface area contributed by atoms with E-state index >= 15 is 0 Å². The van der Waals surface area contributed by atoms with E-state index in [0.29, 0.717) is 18.7 Å². The van der Waals surface area contributed by atoms with Crippen LogP contribution < -0.4 is 14.8 Å². The van der Waals surface area contributed by atoms with Crippen molar-refractivity contribution >= 4 is 16.9 Å². The van der Waals surface area contributed by atoms with Gasteiger partial charge in [0.25, 0.3) is 5.91 Å². The molecule has 6 nitrogen and oxygen atoms in total. The number of amides is 1. The van der Waals surface area contributed by atoms with Crippen molar-refractivity contribution in [1.29, 1.82) is 0 Å². The lowest BCUT2D eigenvalue weighted by Crippen LogP contribution is -2.25. The van der Waals surface area contributed by atoms with Gasteiger partial charge >= 0.3 is 0 Å². The van der Waals surface area contributed by atoms with Crippen molar-refractivity contribution in [1.82, 2.24) is 14.9 Å². The molecular weight excluding hydrogens is 438 g/mol. The van der Waals surface area contributed by atoms with Crippen LogP contribution in [-0.2, 0) is 13.0 Å². The Morgan fingerprint density at radius 2 is 1.74 bits per heavy atom. The lowest BCUT2D eigenvalue weighted by atomic mass is 10.1. The van der Waals surface area contributed by atoms with Crippen LogP contribution in [0.5, 0.6) is 11.5 Å². The molecular formula is C29H33N3O3. The summed E-state index contributed by atoms with van der Waals surface area (Å²) >= 11 is 0. The number of para-hydroxylation sites is 2. The molecule has 0 unspecified atom stereocenters. The number of carbonyl (C=O) groups is 1. The molecule has 6 heteroatoms. The van der Waals surface area contributed by atoms with E-state index in [0.717, 1.165) is 66.1 Å². The maximum Gasteiger partial charge on any atom is 0.251 e. The number of aryl methyl sites for hydroxylation is 3. The van der Waals surface area contributed by atoms with Crippen LogP contribution in [-0.4, -0.2) is 35.7 Å². The molecule has 0 aliphatic rings. The summed E-state index contributed by atoms with van der Waals surface area (Å²) in [5, 5.41) is 3.03. The molecule has 1 aromatic heterocycles. The lowest BCUT2D eigenvalue weighted by Gasteiger charge is -2.11. The van der Waals surface area contributed by atoms with E-state index in [9.17, 15) is 4.79 Å². The van der Waals surface area contributed by atoms with Gasteiger partial charge < -0.3 is 19.4 Å². The largest absolute Gasteiger partial charge is 0.497 e. The zero-order chi connectivity index (χ0) is 24.5. The fourth-order valence-corrected chi connectivity index (χ4v) is 4.14. The number of aromatic nitrogens is 2. The molecule has 0 saturated heterocycles. The van der Waals surface area contributed by atoms with E-state index in [4.69, 9.17) is 14.5 Å². The van der Waals surface area contributed by atoms with Crippen LogP contribution >= 0.6 is 0 Å². The standard InChI is InChI=1S/C29H33N3O3/c1-22-9-7-10-23(21-22)29(33)30-18-8-13-28-31-26-11-3-4-12-27(26)32(28)19-5-6-20-35-25-16-14-24(34-2)15-17-25/h3-4,7,9-12,14-17,21H,5-6,8,13,18-20H2,1-2H3,(H,30,33). The molecule has 3 aromatic carbocycles. The van der Waals surface area contributed by atoms with E-state index < -0.39 is 0 Å². The number of benzene rings is 3. The first-order valence-electron chi connectivity index (χ1n) is 12.2. The van der Waals surface area contributed by atoms with Gasteiger partial charge in [0.2, 0.25) is 0 Å². The Bertz CT molecular complexity index is 1250. The minimum absolute atomic E-state index is 0.0286. The van der Waals surface area contributed by atoms with Gasteiger partial charge in [-0.05, 0) is 74.7 Å². The topological polar surface area (TPSA) is 65.4 Å². The summed E-state index contributed by atoms with van der Waals surface area (Å²) in [6, 6.07) is 23.6. The van der Waals surface area contributed by atoms with Gasteiger partial charge in [-0.2, -0.15) is 0 Å². The average molecular weight is 472 g/mol. The molecule has 1 heterocycles. The highest BCUT2D eigenvalue weighted by atomic mass is 16.5. The van der Waals surface area contributed by atoms with Gasteiger partial charge in [-0.3, -0.25) is 4.79 Å². The molecule has 4 rings (SSSR count). The van der Waals surface area contributed by atoms with Crippen LogP contribution in [0.25, 0.3) is 11.0 Å². The van der Waals surface area contributed by atoms with Crippen molar-refractivity contribution < 1.29 is 14.3 Å². The van der Waals surface area contributed by atoms with Gasteiger partial charge in [-0.15, -0.1) is 0 Å². The smallest absolute Gasteiger partial charge is 0.251 e. The van der Waals surface area contributed by atoms with E-state index in [1.54, 1.807) is 7.11 Å². The van der Waals surface area contributed by atoms with Crippen LogP contribution in [0.1, 0.15) is 41.0 Å². The Labute approximate surface area is 206 Å². The number of nitrogens with one attached hydrogen (secondary N) is 1. The van der Waals surface area contributed by atoms with Crippen LogP contribution in [0.4, 0.5) is 0 Å². The SMILES string of the molecule is COc1ccc(OCCCCn2c(CCCNC(=O)c3cccc(C)c3)nc3ccccc32)cc1. The predicted molar refractivity (Wildman–Crippen MR) is 139 cm³/mol. The number of methoxy groups -OCH3 is 1. The van der Waals surface area contributed by atoms with Crippen molar-refractivity contribution in [2.75, 3.05) is 20.3 Å². The van der Waals surface area contributed by atoms with Crippen molar-refractivity contribution in [2.24, 2.45) is 0 Å². The normalized spacial score (nSPS) is 10.9. The van der Waals surface area contributed by atoms with Gasteiger partial charge in [0.15, 0.2) is 0 Å². The summed E-state index contributed by atoms with van der Waals surface area (Å²) < 4.78 is 13.4. The Morgan fingerprint density at radius 3 is 2.54 bits per heavy atom. The van der Waals surface area contributed by atoms with Crippen molar-refractivity contribution in [3.05, 3.63) is 89.7 Å². The number of imidazole rings is 1. The van der Waals surface area contributed by atoms with Crippen LogP contribution in [0.3, 0.4) is 0 Å². The first-order chi connectivity index (χ1) is 17.1. The summed E-state index contributed by atoms with van der Waals surface area (Å²) in [6.07, 6.45) is 3.59. The Kier molecular flexibility index (Phi) is 8.39. The third-order valence-electron chi connectivity index (χ3n) is 5.98.